The van der Waals surface area contributed by atoms with Gasteiger partial charge in [-0.15, -0.1) is 0 Å². The van der Waals surface area contributed by atoms with Crippen LogP contribution >= 0.6 is 0 Å². The minimum atomic E-state index is -0.974. The molecule has 4 heterocycles. The second kappa shape index (κ2) is 11.8. The normalized spacial score (nSPS) is 34.9. The van der Waals surface area contributed by atoms with E-state index in [2.05, 4.69) is 19.2 Å². The maximum atomic E-state index is 13.4. The summed E-state index contributed by atoms with van der Waals surface area (Å²) >= 11 is 0. The molecule has 2 bridgehead atoms. The highest BCUT2D eigenvalue weighted by Crippen LogP contribution is 2.60. The lowest BCUT2D eigenvalue weighted by atomic mass is 9.58. The Morgan fingerprint density at radius 3 is 2.58 bits per heavy atom. The van der Waals surface area contributed by atoms with Gasteiger partial charge in [-0.3, -0.25) is 9.59 Å². The summed E-state index contributed by atoms with van der Waals surface area (Å²) in [7, 11) is 0. The molecule has 2 aromatic rings. The van der Waals surface area contributed by atoms with Gasteiger partial charge in [0.1, 0.15) is 12.8 Å². The Bertz CT molecular complexity index is 1400. The molecule has 5 aliphatic rings. The molecule has 8 nitrogen and oxygen atoms in total. The molecule has 5 fully saturated rings. The molecule has 4 aliphatic heterocycles. The van der Waals surface area contributed by atoms with Crippen molar-refractivity contribution in [3.63, 3.8) is 0 Å². The Hall–Kier alpha value is -3.02. The molecule has 1 spiro atoms. The number of carbonyl (C=O) groups excluding carboxylic acids is 2. The molecule has 0 unspecified atom stereocenters. The zero-order valence-corrected chi connectivity index (χ0v) is 24.5. The first-order valence-corrected chi connectivity index (χ1v) is 14.9. The van der Waals surface area contributed by atoms with Crippen LogP contribution in [0.15, 0.2) is 48.5 Å². The first-order valence-electron chi connectivity index (χ1n) is 14.9. The molecule has 4 saturated heterocycles. The number of ketones is 1. The van der Waals surface area contributed by atoms with Gasteiger partial charge in [-0.25, -0.2) is 18.6 Å². The van der Waals surface area contributed by atoms with Gasteiger partial charge in [-0.1, -0.05) is 50.3 Å². The van der Waals surface area contributed by atoms with Crippen LogP contribution in [-0.4, -0.2) is 42.2 Å². The van der Waals surface area contributed by atoms with Gasteiger partial charge in [0.15, 0.2) is 29.3 Å². The zero-order chi connectivity index (χ0) is 30.4. The topological polar surface area (TPSA) is 92.3 Å². The van der Waals surface area contributed by atoms with Crippen LogP contribution in [-0.2, 0) is 35.4 Å². The average Bonchev–Trinajstić information content (AvgIpc) is 3.22. The summed E-state index contributed by atoms with van der Waals surface area (Å²) in [6.45, 7) is 6.22. The monoisotopic (exact) mass is 597 g/mol. The highest BCUT2D eigenvalue weighted by atomic mass is 19.2. The Labute approximate surface area is 249 Å². The first-order chi connectivity index (χ1) is 20.6. The predicted octanol–water partition coefficient (Wildman–Crippen LogP) is 5.70. The van der Waals surface area contributed by atoms with Crippen molar-refractivity contribution >= 4 is 17.8 Å². The molecular formula is C33H37F2NO7. The number of hydrogen-bond acceptors (Lipinski definition) is 7. The number of amides is 1. The molecule has 0 radical (unpaired) electrons. The summed E-state index contributed by atoms with van der Waals surface area (Å²) in [5.41, 5.74) is 0.908. The number of halogens is 2. The van der Waals surface area contributed by atoms with E-state index in [1.807, 2.05) is 6.92 Å². The molecule has 230 valence electrons. The van der Waals surface area contributed by atoms with Crippen molar-refractivity contribution in [1.82, 2.24) is 5.32 Å². The van der Waals surface area contributed by atoms with Gasteiger partial charge in [0.05, 0.1) is 6.61 Å². The molecule has 10 heteroatoms. The number of ether oxygens (including phenoxy) is 3. The van der Waals surface area contributed by atoms with Crippen molar-refractivity contribution in [2.75, 3.05) is 6.61 Å². The van der Waals surface area contributed by atoms with Crippen LogP contribution in [0.1, 0.15) is 67.9 Å². The maximum Gasteiger partial charge on any atom is 0.248 e. The third-order valence-electron chi connectivity index (χ3n) is 9.57. The Kier molecular flexibility index (Phi) is 8.25. The molecule has 2 aromatic carbocycles. The van der Waals surface area contributed by atoms with Gasteiger partial charge >= 0.3 is 0 Å². The third kappa shape index (κ3) is 5.79. The van der Waals surface area contributed by atoms with Gasteiger partial charge < -0.3 is 19.5 Å². The van der Waals surface area contributed by atoms with Gasteiger partial charge in [0.2, 0.25) is 11.7 Å². The van der Waals surface area contributed by atoms with E-state index in [1.54, 1.807) is 24.3 Å². The molecule has 1 N–H and O–H groups in total. The van der Waals surface area contributed by atoms with Crippen LogP contribution < -0.4 is 5.32 Å². The number of fused-ring (bicyclic) bond motifs is 2. The largest absolute Gasteiger partial charge is 0.367 e. The summed E-state index contributed by atoms with van der Waals surface area (Å²) in [5.74, 6) is -2.59. The Morgan fingerprint density at radius 1 is 1.02 bits per heavy atom. The minimum absolute atomic E-state index is 0.0222. The van der Waals surface area contributed by atoms with Crippen LogP contribution in [0.5, 0.6) is 0 Å². The highest BCUT2D eigenvalue weighted by molar-refractivity contribution is 6.06. The number of hydrogen-bond donors (Lipinski definition) is 1. The number of allylic oxidation sites excluding steroid dienone is 1. The van der Waals surface area contributed by atoms with Crippen molar-refractivity contribution in [3.8, 4) is 0 Å². The lowest BCUT2D eigenvalue weighted by Gasteiger charge is -2.60. The van der Waals surface area contributed by atoms with Crippen molar-refractivity contribution in [2.24, 2.45) is 23.7 Å². The lowest BCUT2D eigenvalue weighted by molar-refractivity contribution is -0.571. The summed E-state index contributed by atoms with van der Waals surface area (Å²) in [6.07, 6.45) is 5.21. The fourth-order valence-electron chi connectivity index (χ4n) is 7.18. The number of rotatable bonds is 8. The van der Waals surface area contributed by atoms with Crippen molar-refractivity contribution < 1.29 is 42.4 Å². The van der Waals surface area contributed by atoms with Crippen LogP contribution in [0.25, 0.3) is 6.08 Å². The van der Waals surface area contributed by atoms with Gasteiger partial charge in [0, 0.05) is 23.8 Å². The standard InChI is InChI=1S/C33H37F2NO7/c1-19-4-11-25-20(2)30(40-31-33(25)24(19)14-15-32(3,41-31)42-43-33)36-29(38)18-39-17-22-5-9-23(10-6-22)28(37)13-8-21-7-12-26(34)27(35)16-21/h5-10,12-13,16,19-20,24-25,30-31H,4,11,14-15,17-18H2,1-3H3,(H,36,38)/b13-8+/t19-,20-,24+,25+,30+,31-,32-,33-/m1/s1. The Morgan fingerprint density at radius 2 is 1.81 bits per heavy atom. The van der Waals surface area contributed by atoms with E-state index >= 15 is 0 Å². The number of nitrogens with one attached hydrogen (secondary N) is 1. The number of carbonyl (C=O) groups is 2. The Balaban J connectivity index is 1.01. The molecule has 1 aliphatic carbocycles. The van der Waals surface area contributed by atoms with E-state index in [1.165, 1.54) is 18.2 Å². The molecule has 8 atom stereocenters. The zero-order valence-electron chi connectivity index (χ0n) is 24.5. The van der Waals surface area contributed by atoms with E-state index in [0.29, 0.717) is 17.0 Å². The quantitative estimate of drug-likeness (QED) is 0.237. The second-order valence-corrected chi connectivity index (χ2v) is 12.5. The van der Waals surface area contributed by atoms with Gasteiger partial charge in [-0.2, -0.15) is 0 Å². The lowest BCUT2D eigenvalue weighted by Crippen LogP contribution is -2.72. The summed E-state index contributed by atoms with van der Waals surface area (Å²) in [5, 5.41) is 2.99. The van der Waals surface area contributed by atoms with Gasteiger partial charge in [-0.05, 0) is 67.4 Å². The summed E-state index contributed by atoms with van der Waals surface area (Å²) in [6, 6.07) is 10.2. The van der Waals surface area contributed by atoms with Crippen LogP contribution in [0.4, 0.5) is 8.78 Å². The number of benzene rings is 2. The average molecular weight is 598 g/mol. The van der Waals surface area contributed by atoms with Crippen LogP contribution in [0.2, 0.25) is 0 Å². The van der Waals surface area contributed by atoms with Crippen LogP contribution in [0, 0.1) is 35.3 Å². The fourth-order valence-corrected chi connectivity index (χ4v) is 7.18. The summed E-state index contributed by atoms with van der Waals surface area (Å²) < 4.78 is 44.9. The second-order valence-electron chi connectivity index (χ2n) is 12.5. The van der Waals surface area contributed by atoms with E-state index in [9.17, 15) is 18.4 Å². The maximum absolute atomic E-state index is 13.4. The SMILES string of the molecule is C[C@H]1[C@@H](NC(=O)COCc2ccc(C(=O)/C=C/c3ccc(F)c(F)c3)cc2)O[C@@H]2O[C@@]3(C)CC[C@H]4[C@H](C)CC[C@@H]1[C@@]24OO3. The van der Waals surface area contributed by atoms with Crippen molar-refractivity contribution in [3.05, 3.63) is 76.9 Å². The van der Waals surface area contributed by atoms with E-state index < -0.39 is 35.5 Å². The molecule has 0 aromatic heterocycles. The van der Waals surface area contributed by atoms with Crippen molar-refractivity contribution in [1.29, 1.82) is 0 Å². The van der Waals surface area contributed by atoms with Gasteiger partial charge in [0.25, 0.3) is 0 Å². The highest BCUT2D eigenvalue weighted by Gasteiger charge is 2.69. The third-order valence-corrected chi connectivity index (χ3v) is 9.57. The van der Waals surface area contributed by atoms with E-state index in [4.69, 9.17) is 24.0 Å². The minimum Gasteiger partial charge on any atom is -0.367 e. The van der Waals surface area contributed by atoms with E-state index in [0.717, 1.165) is 43.4 Å². The molecule has 1 amide bonds. The molecular weight excluding hydrogens is 560 g/mol. The fraction of sp³-hybridized carbons (Fsp3) is 0.515. The smallest absolute Gasteiger partial charge is 0.248 e. The summed E-state index contributed by atoms with van der Waals surface area (Å²) in [4.78, 5) is 37.4. The molecule has 7 rings (SSSR count). The molecule has 43 heavy (non-hydrogen) atoms. The molecule has 1 saturated carbocycles. The van der Waals surface area contributed by atoms with Crippen molar-refractivity contribution in [2.45, 2.75) is 77.0 Å². The predicted molar refractivity (Wildman–Crippen MR) is 151 cm³/mol. The van der Waals surface area contributed by atoms with Crippen LogP contribution in [0.3, 0.4) is 0 Å². The van der Waals surface area contributed by atoms with E-state index in [-0.39, 0.29) is 42.7 Å². The first kappa shape index (κ1) is 30.0.